The van der Waals surface area contributed by atoms with Crippen molar-refractivity contribution >= 4 is 11.8 Å². The Labute approximate surface area is 140 Å². The Balaban J connectivity index is 2.01. The molecule has 3 heteroatoms. The maximum atomic E-state index is 12.6. The smallest absolute Gasteiger partial charge is 0.229 e. The van der Waals surface area contributed by atoms with E-state index in [1.807, 2.05) is 30.3 Å². The molecule has 1 aromatic carbocycles. The Kier molecular flexibility index (Phi) is 5.97. The zero-order chi connectivity index (χ0) is 16.9. The number of rotatable bonds is 7. The van der Waals surface area contributed by atoms with E-state index in [9.17, 15) is 9.59 Å². The van der Waals surface area contributed by atoms with Crippen molar-refractivity contribution in [2.75, 3.05) is 6.54 Å². The summed E-state index contributed by atoms with van der Waals surface area (Å²) in [5, 5.41) is 0. The predicted octanol–water partition coefficient (Wildman–Crippen LogP) is 4.21. The molecule has 0 aromatic heterocycles. The van der Waals surface area contributed by atoms with Crippen LogP contribution in [0.25, 0.3) is 0 Å². The van der Waals surface area contributed by atoms with E-state index >= 15 is 0 Å². The first-order chi connectivity index (χ1) is 11.0. The molecule has 1 aromatic rings. The zero-order valence-electron chi connectivity index (χ0n) is 14.7. The van der Waals surface area contributed by atoms with Crippen LogP contribution in [0.4, 0.5) is 0 Å². The second-order valence-electron chi connectivity index (χ2n) is 7.10. The van der Waals surface area contributed by atoms with Gasteiger partial charge in [-0.1, -0.05) is 57.5 Å². The van der Waals surface area contributed by atoms with Crippen LogP contribution < -0.4 is 0 Å². The normalized spacial score (nSPS) is 19.0. The summed E-state index contributed by atoms with van der Waals surface area (Å²) in [6, 6.07) is 10.0. The van der Waals surface area contributed by atoms with E-state index < -0.39 is 0 Å². The Bertz CT molecular complexity index is 520. The first-order valence-electron chi connectivity index (χ1n) is 8.87. The Morgan fingerprint density at radius 2 is 1.70 bits per heavy atom. The van der Waals surface area contributed by atoms with Crippen LogP contribution in [-0.4, -0.2) is 23.3 Å². The second-order valence-corrected chi connectivity index (χ2v) is 7.10. The SMILES string of the molecule is CC[C@H](C)CC1(CC)CC(=O)N(CCc2ccccc2)C(=O)C1. The van der Waals surface area contributed by atoms with Gasteiger partial charge in [0.05, 0.1) is 0 Å². The molecule has 0 aliphatic carbocycles. The standard InChI is InChI=1S/C20H29NO2/c1-4-16(3)13-20(5-2)14-18(22)21(19(23)15-20)12-11-17-9-7-6-8-10-17/h6-10,16H,4-5,11-15H2,1-3H3/t16-/m0/s1. The molecule has 23 heavy (non-hydrogen) atoms. The van der Waals surface area contributed by atoms with Crippen LogP contribution in [0.2, 0.25) is 0 Å². The zero-order valence-corrected chi connectivity index (χ0v) is 14.7. The average molecular weight is 315 g/mol. The number of amides is 2. The summed E-state index contributed by atoms with van der Waals surface area (Å²) in [4.78, 5) is 26.6. The lowest BCUT2D eigenvalue weighted by Gasteiger charge is -2.41. The number of carbonyl (C=O) groups is 2. The highest BCUT2D eigenvalue weighted by Crippen LogP contribution is 2.42. The Morgan fingerprint density at radius 3 is 2.22 bits per heavy atom. The maximum absolute atomic E-state index is 12.6. The number of hydrogen-bond acceptors (Lipinski definition) is 2. The predicted molar refractivity (Wildman–Crippen MR) is 92.9 cm³/mol. The molecule has 0 bridgehead atoms. The number of nitrogens with zero attached hydrogens (tertiary/aromatic N) is 1. The fraction of sp³-hybridized carbons (Fsp3) is 0.600. The number of carbonyl (C=O) groups excluding carboxylic acids is 2. The summed E-state index contributed by atoms with van der Waals surface area (Å²) in [7, 11) is 0. The van der Waals surface area contributed by atoms with Crippen molar-refractivity contribution in [2.45, 2.75) is 59.3 Å². The van der Waals surface area contributed by atoms with Gasteiger partial charge in [-0.25, -0.2) is 0 Å². The molecule has 2 rings (SSSR count). The highest BCUT2D eigenvalue weighted by Gasteiger charge is 2.42. The van der Waals surface area contributed by atoms with Gasteiger partial charge in [-0.2, -0.15) is 0 Å². The highest BCUT2D eigenvalue weighted by atomic mass is 16.2. The first kappa shape index (κ1) is 17.7. The van der Waals surface area contributed by atoms with E-state index in [2.05, 4.69) is 20.8 Å². The van der Waals surface area contributed by atoms with E-state index in [0.717, 1.165) is 25.7 Å². The van der Waals surface area contributed by atoms with Crippen molar-refractivity contribution in [3.63, 3.8) is 0 Å². The molecule has 0 radical (unpaired) electrons. The molecule has 1 atom stereocenters. The van der Waals surface area contributed by atoms with Gasteiger partial charge in [-0.3, -0.25) is 14.5 Å². The number of benzene rings is 1. The molecule has 0 N–H and O–H groups in total. The van der Waals surface area contributed by atoms with Crippen LogP contribution >= 0.6 is 0 Å². The molecule has 1 fully saturated rings. The summed E-state index contributed by atoms with van der Waals surface area (Å²) in [6.07, 6.45) is 4.76. The van der Waals surface area contributed by atoms with E-state index in [1.54, 1.807) is 0 Å². The maximum Gasteiger partial charge on any atom is 0.229 e. The van der Waals surface area contributed by atoms with Crippen LogP contribution in [0.5, 0.6) is 0 Å². The number of piperidine rings is 1. The molecule has 3 nitrogen and oxygen atoms in total. The van der Waals surface area contributed by atoms with Crippen LogP contribution in [0, 0.1) is 11.3 Å². The van der Waals surface area contributed by atoms with E-state index in [4.69, 9.17) is 0 Å². The van der Waals surface area contributed by atoms with Gasteiger partial charge in [0.25, 0.3) is 0 Å². The van der Waals surface area contributed by atoms with Gasteiger partial charge >= 0.3 is 0 Å². The summed E-state index contributed by atoms with van der Waals surface area (Å²) in [5.74, 6) is 0.594. The van der Waals surface area contributed by atoms with Crippen molar-refractivity contribution in [3.8, 4) is 0 Å². The number of likely N-dealkylation sites (tertiary alicyclic amines) is 1. The summed E-state index contributed by atoms with van der Waals surface area (Å²) >= 11 is 0. The summed E-state index contributed by atoms with van der Waals surface area (Å²) < 4.78 is 0. The third kappa shape index (κ3) is 4.43. The molecule has 2 amide bonds. The van der Waals surface area contributed by atoms with Crippen LogP contribution in [0.3, 0.4) is 0 Å². The van der Waals surface area contributed by atoms with Crippen LogP contribution in [-0.2, 0) is 16.0 Å². The molecule has 0 unspecified atom stereocenters. The Morgan fingerprint density at radius 1 is 1.09 bits per heavy atom. The molecule has 1 heterocycles. The molecule has 1 aliphatic rings. The fourth-order valence-corrected chi connectivity index (χ4v) is 3.59. The minimum absolute atomic E-state index is 0.0161. The molecule has 126 valence electrons. The molecule has 0 spiro atoms. The van der Waals surface area contributed by atoms with E-state index in [0.29, 0.717) is 25.3 Å². The fourth-order valence-electron chi connectivity index (χ4n) is 3.59. The lowest BCUT2D eigenvalue weighted by molar-refractivity contribution is -0.154. The highest BCUT2D eigenvalue weighted by molar-refractivity contribution is 5.98. The van der Waals surface area contributed by atoms with Gasteiger partial charge < -0.3 is 0 Å². The average Bonchev–Trinajstić information content (AvgIpc) is 2.55. The lowest BCUT2D eigenvalue weighted by Crippen LogP contribution is -2.49. The third-order valence-electron chi connectivity index (χ3n) is 5.35. The lowest BCUT2D eigenvalue weighted by atomic mass is 9.69. The quantitative estimate of drug-likeness (QED) is 0.707. The topological polar surface area (TPSA) is 37.4 Å². The van der Waals surface area contributed by atoms with Crippen LogP contribution in [0.15, 0.2) is 30.3 Å². The largest absolute Gasteiger partial charge is 0.282 e. The summed E-state index contributed by atoms with van der Waals surface area (Å²) in [5.41, 5.74) is 1.05. The van der Waals surface area contributed by atoms with Crippen molar-refractivity contribution in [2.24, 2.45) is 11.3 Å². The Hall–Kier alpha value is -1.64. The van der Waals surface area contributed by atoms with Gasteiger partial charge in [-0.05, 0) is 36.2 Å². The van der Waals surface area contributed by atoms with E-state index in [-0.39, 0.29) is 17.2 Å². The van der Waals surface area contributed by atoms with Crippen molar-refractivity contribution in [1.82, 2.24) is 4.90 Å². The van der Waals surface area contributed by atoms with Crippen molar-refractivity contribution in [1.29, 1.82) is 0 Å². The molecular formula is C20H29NO2. The van der Waals surface area contributed by atoms with Crippen molar-refractivity contribution < 1.29 is 9.59 Å². The molecule has 0 saturated carbocycles. The molecular weight excluding hydrogens is 286 g/mol. The van der Waals surface area contributed by atoms with Crippen molar-refractivity contribution in [3.05, 3.63) is 35.9 Å². The van der Waals surface area contributed by atoms with Gasteiger partial charge in [-0.15, -0.1) is 0 Å². The number of imide groups is 1. The molecule has 1 saturated heterocycles. The number of hydrogen-bond donors (Lipinski definition) is 0. The first-order valence-corrected chi connectivity index (χ1v) is 8.87. The third-order valence-corrected chi connectivity index (χ3v) is 5.35. The van der Waals surface area contributed by atoms with Crippen LogP contribution in [0.1, 0.15) is 58.4 Å². The second kappa shape index (κ2) is 7.76. The minimum Gasteiger partial charge on any atom is -0.282 e. The van der Waals surface area contributed by atoms with Gasteiger partial charge in [0.15, 0.2) is 0 Å². The van der Waals surface area contributed by atoms with Gasteiger partial charge in [0.2, 0.25) is 11.8 Å². The summed E-state index contributed by atoms with van der Waals surface area (Å²) in [6.45, 7) is 7.01. The minimum atomic E-state index is -0.118. The molecule has 1 aliphatic heterocycles. The monoisotopic (exact) mass is 315 g/mol. The van der Waals surface area contributed by atoms with Gasteiger partial charge in [0.1, 0.15) is 0 Å². The van der Waals surface area contributed by atoms with Gasteiger partial charge in [0, 0.05) is 19.4 Å². The van der Waals surface area contributed by atoms with E-state index in [1.165, 1.54) is 10.5 Å².